The second-order valence-corrected chi connectivity index (χ2v) is 5.02. The van der Waals surface area contributed by atoms with Crippen molar-refractivity contribution in [3.8, 4) is 0 Å². The van der Waals surface area contributed by atoms with Crippen LogP contribution in [-0.4, -0.2) is 40.9 Å². The van der Waals surface area contributed by atoms with Crippen LogP contribution in [0.4, 0.5) is 5.82 Å². The van der Waals surface area contributed by atoms with Crippen molar-refractivity contribution < 1.29 is 9.53 Å². The number of carbonyl (C=O) groups excluding carboxylic acids is 1. The molecule has 0 radical (unpaired) electrons. The molecular weight excluding hydrogens is 278 g/mol. The van der Waals surface area contributed by atoms with Gasteiger partial charge in [-0.25, -0.2) is 4.98 Å². The molecule has 0 aliphatic heterocycles. The van der Waals surface area contributed by atoms with Crippen molar-refractivity contribution in [2.75, 3.05) is 25.6 Å². The lowest BCUT2D eigenvalue weighted by molar-refractivity contribution is 0.102. The van der Waals surface area contributed by atoms with Gasteiger partial charge in [0.2, 0.25) is 0 Å². The molecule has 2 heterocycles. The zero-order valence-corrected chi connectivity index (χ0v) is 12.0. The van der Waals surface area contributed by atoms with Crippen LogP contribution in [0.25, 0.3) is 0 Å². The Hall–Kier alpha value is -1.77. The summed E-state index contributed by atoms with van der Waals surface area (Å²) in [6.45, 7) is 1.74. The first-order chi connectivity index (χ1) is 9.72. The minimum absolute atomic E-state index is 0.262. The predicted molar refractivity (Wildman–Crippen MR) is 76.9 cm³/mol. The number of carbonyl (C=O) groups is 1. The highest BCUT2D eigenvalue weighted by atomic mass is 32.1. The highest BCUT2D eigenvalue weighted by molar-refractivity contribution is 7.09. The van der Waals surface area contributed by atoms with Crippen molar-refractivity contribution in [3.05, 3.63) is 28.3 Å². The van der Waals surface area contributed by atoms with Crippen LogP contribution < -0.4 is 11.1 Å². The zero-order chi connectivity index (χ0) is 14.4. The van der Waals surface area contributed by atoms with Gasteiger partial charge in [-0.15, -0.1) is 11.3 Å². The largest absolute Gasteiger partial charge is 0.383 e. The highest BCUT2D eigenvalue weighted by Gasteiger charge is 2.12. The van der Waals surface area contributed by atoms with Crippen LogP contribution in [0.15, 0.2) is 17.6 Å². The number of hydrogen-bond acceptors (Lipinski definition) is 6. The van der Waals surface area contributed by atoms with E-state index in [0.717, 1.165) is 5.01 Å². The SMILES string of the molecule is COCCn1ccc(NC(=O)c2csc(CCN)n2)n1. The Morgan fingerprint density at radius 2 is 2.45 bits per heavy atom. The molecule has 7 nitrogen and oxygen atoms in total. The smallest absolute Gasteiger partial charge is 0.276 e. The lowest BCUT2D eigenvalue weighted by Crippen LogP contribution is -2.14. The number of aromatic nitrogens is 3. The van der Waals surface area contributed by atoms with Gasteiger partial charge in [-0.3, -0.25) is 9.48 Å². The molecule has 8 heteroatoms. The van der Waals surface area contributed by atoms with Gasteiger partial charge in [0, 0.05) is 31.2 Å². The summed E-state index contributed by atoms with van der Waals surface area (Å²) in [5, 5.41) is 9.52. The summed E-state index contributed by atoms with van der Waals surface area (Å²) in [4.78, 5) is 16.2. The number of rotatable bonds is 7. The number of nitrogens with two attached hydrogens (primary N) is 1. The van der Waals surface area contributed by atoms with Gasteiger partial charge < -0.3 is 15.8 Å². The molecule has 0 bridgehead atoms. The average Bonchev–Trinajstić information content (AvgIpc) is 3.06. The number of anilines is 1. The average molecular weight is 295 g/mol. The monoisotopic (exact) mass is 295 g/mol. The Kier molecular flexibility index (Phi) is 5.22. The van der Waals surface area contributed by atoms with Crippen LogP contribution in [0, 0.1) is 0 Å². The molecule has 0 unspecified atom stereocenters. The molecule has 108 valence electrons. The number of amides is 1. The van der Waals surface area contributed by atoms with Gasteiger partial charge >= 0.3 is 0 Å². The Labute approximate surface area is 120 Å². The standard InChI is InChI=1S/C12H17N5O2S/c1-19-7-6-17-5-3-10(16-17)15-12(18)9-8-20-11(14-9)2-4-13/h3,5,8H,2,4,6-7,13H2,1H3,(H,15,16,18). The molecule has 3 N–H and O–H groups in total. The molecule has 0 fully saturated rings. The number of nitrogens with zero attached hydrogens (tertiary/aromatic N) is 3. The molecule has 0 spiro atoms. The lowest BCUT2D eigenvalue weighted by Gasteiger charge is -2.00. The van der Waals surface area contributed by atoms with Crippen LogP contribution in [0.1, 0.15) is 15.5 Å². The Balaban J connectivity index is 1.94. The predicted octanol–water partition coefficient (Wildman–Crippen LogP) is 0.740. The number of hydrogen-bond donors (Lipinski definition) is 2. The minimum atomic E-state index is -0.262. The number of ether oxygens (including phenoxy) is 1. The normalized spacial score (nSPS) is 10.7. The first-order valence-corrected chi connectivity index (χ1v) is 7.09. The highest BCUT2D eigenvalue weighted by Crippen LogP contribution is 2.12. The molecule has 1 amide bonds. The zero-order valence-electron chi connectivity index (χ0n) is 11.2. The number of nitrogens with one attached hydrogen (secondary N) is 1. The number of thiazole rings is 1. The van der Waals surface area contributed by atoms with Gasteiger partial charge in [0.1, 0.15) is 5.69 Å². The number of methoxy groups -OCH3 is 1. The minimum Gasteiger partial charge on any atom is -0.383 e. The van der Waals surface area contributed by atoms with E-state index >= 15 is 0 Å². The summed E-state index contributed by atoms with van der Waals surface area (Å²) < 4.78 is 6.67. The summed E-state index contributed by atoms with van der Waals surface area (Å²) in [5.74, 6) is 0.237. The summed E-state index contributed by atoms with van der Waals surface area (Å²) in [6, 6.07) is 1.74. The maximum atomic E-state index is 12.0. The second kappa shape index (κ2) is 7.13. The van der Waals surface area contributed by atoms with E-state index in [9.17, 15) is 4.79 Å². The van der Waals surface area contributed by atoms with Crippen molar-refractivity contribution in [1.82, 2.24) is 14.8 Å². The van der Waals surface area contributed by atoms with Gasteiger partial charge in [0.05, 0.1) is 18.2 Å². The van der Waals surface area contributed by atoms with E-state index in [1.807, 2.05) is 0 Å². The van der Waals surface area contributed by atoms with E-state index in [1.54, 1.807) is 29.4 Å². The molecule has 0 aliphatic rings. The summed E-state index contributed by atoms with van der Waals surface area (Å²) in [6.07, 6.45) is 2.47. The van der Waals surface area contributed by atoms with Gasteiger partial charge in [0.15, 0.2) is 5.82 Å². The second-order valence-electron chi connectivity index (χ2n) is 4.08. The van der Waals surface area contributed by atoms with Crippen LogP contribution in [-0.2, 0) is 17.7 Å². The van der Waals surface area contributed by atoms with E-state index < -0.39 is 0 Å². The third kappa shape index (κ3) is 3.86. The first kappa shape index (κ1) is 14.6. The van der Waals surface area contributed by atoms with E-state index in [1.165, 1.54) is 11.3 Å². The van der Waals surface area contributed by atoms with E-state index in [4.69, 9.17) is 10.5 Å². The summed E-state index contributed by atoms with van der Waals surface area (Å²) >= 11 is 1.44. The maximum absolute atomic E-state index is 12.0. The van der Waals surface area contributed by atoms with Crippen LogP contribution in [0.2, 0.25) is 0 Å². The molecule has 2 aromatic heterocycles. The van der Waals surface area contributed by atoms with E-state index in [0.29, 0.717) is 37.6 Å². The molecule has 0 atom stereocenters. The molecule has 2 aromatic rings. The third-order valence-electron chi connectivity index (χ3n) is 2.55. The molecular formula is C12H17N5O2S. The molecule has 20 heavy (non-hydrogen) atoms. The van der Waals surface area contributed by atoms with Crippen LogP contribution in [0.3, 0.4) is 0 Å². The Morgan fingerprint density at radius 1 is 1.60 bits per heavy atom. The first-order valence-electron chi connectivity index (χ1n) is 6.21. The summed E-state index contributed by atoms with van der Waals surface area (Å²) in [7, 11) is 1.63. The summed E-state index contributed by atoms with van der Waals surface area (Å²) in [5.41, 5.74) is 5.85. The van der Waals surface area contributed by atoms with Gasteiger partial charge in [0.25, 0.3) is 5.91 Å². The quantitative estimate of drug-likeness (QED) is 0.785. The molecule has 0 aromatic carbocycles. The fourth-order valence-corrected chi connectivity index (χ4v) is 2.37. The Morgan fingerprint density at radius 3 is 3.20 bits per heavy atom. The fourth-order valence-electron chi connectivity index (χ4n) is 1.57. The molecule has 0 aliphatic carbocycles. The van der Waals surface area contributed by atoms with E-state index in [2.05, 4.69) is 15.4 Å². The van der Waals surface area contributed by atoms with E-state index in [-0.39, 0.29) is 5.91 Å². The van der Waals surface area contributed by atoms with Gasteiger partial charge in [-0.2, -0.15) is 5.10 Å². The van der Waals surface area contributed by atoms with Crippen molar-refractivity contribution in [3.63, 3.8) is 0 Å². The molecule has 2 rings (SSSR count). The van der Waals surface area contributed by atoms with Crippen molar-refractivity contribution in [2.45, 2.75) is 13.0 Å². The third-order valence-corrected chi connectivity index (χ3v) is 3.46. The van der Waals surface area contributed by atoms with Gasteiger partial charge in [-0.1, -0.05) is 0 Å². The van der Waals surface area contributed by atoms with Gasteiger partial charge in [-0.05, 0) is 6.54 Å². The van der Waals surface area contributed by atoms with Crippen molar-refractivity contribution in [2.24, 2.45) is 5.73 Å². The maximum Gasteiger partial charge on any atom is 0.276 e. The van der Waals surface area contributed by atoms with Crippen molar-refractivity contribution >= 4 is 23.1 Å². The lowest BCUT2D eigenvalue weighted by atomic mass is 10.4. The van der Waals surface area contributed by atoms with Crippen LogP contribution >= 0.6 is 11.3 Å². The fraction of sp³-hybridized carbons (Fsp3) is 0.417. The van der Waals surface area contributed by atoms with Crippen molar-refractivity contribution in [1.29, 1.82) is 0 Å². The molecule has 0 saturated heterocycles. The molecule has 0 saturated carbocycles. The topological polar surface area (TPSA) is 95.1 Å². The Bertz CT molecular complexity index is 566. The van der Waals surface area contributed by atoms with Crippen LogP contribution in [0.5, 0.6) is 0 Å².